The van der Waals surface area contributed by atoms with E-state index in [0.29, 0.717) is 13.2 Å². The third-order valence-corrected chi connectivity index (χ3v) is 3.78. The van der Waals surface area contributed by atoms with E-state index in [9.17, 15) is 9.59 Å². The molecule has 128 valence electrons. The van der Waals surface area contributed by atoms with E-state index >= 15 is 0 Å². The van der Waals surface area contributed by atoms with E-state index in [0.717, 1.165) is 17.7 Å². The maximum absolute atomic E-state index is 12.5. The van der Waals surface area contributed by atoms with Gasteiger partial charge in [0.2, 0.25) is 11.8 Å². The number of ether oxygens (including phenoxy) is 1. The molecule has 0 heterocycles. The Hall–Kier alpha value is -1.88. The molecule has 1 rings (SSSR count). The molecule has 0 spiro atoms. The molecule has 5 heteroatoms. The highest BCUT2D eigenvalue weighted by Gasteiger charge is 2.36. The molecule has 0 radical (unpaired) electrons. The molecule has 0 fully saturated rings. The van der Waals surface area contributed by atoms with Crippen LogP contribution < -0.4 is 10.6 Å². The molecule has 0 aliphatic rings. The first-order valence-electron chi connectivity index (χ1n) is 7.98. The first-order valence-corrected chi connectivity index (χ1v) is 7.98. The molecule has 0 aliphatic heterocycles. The van der Waals surface area contributed by atoms with Gasteiger partial charge >= 0.3 is 0 Å². The van der Waals surface area contributed by atoms with E-state index in [-0.39, 0.29) is 17.7 Å². The molecule has 1 aromatic rings. The van der Waals surface area contributed by atoms with Crippen LogP contribution in [0.3, 0.4) is 0 Å². The van der Waals surface area contributed by atoms with Gasteiger partial charge in [-0.2, -0.15) is 0 Å². The Morgan fingerprint density at radius 2 is 1.83 bits per heavy atom. The van der Waals surface area contributed by atoms with Crippen molar-refractivity contribution in [3.63, 3.8) is 0 Å². The zero-order valence-corrected chi connectivity index (χ0v) is 14.7. The van der Waals surface area contributed by atoms with Crippen LogP contribution in [0.4, 0.5) is 5.69 Å². The first kappa shape index (κ1) is 19.2. The van der Waals surface area contributed by atoms with Gasteiger partial charge < -0.3 is 15.4 Å². The summed E-state index contributed by atoms with van der Waals surface area (Å²) >= 11 is 0. The molecule has 2 N–H and O–H groups in total. The molecule has 0 saturated heterocycles. The predicted molar refractivity (Wildman–Crippen MR) is 92.4 cm³/mol. The molecule has 2 amide bonds. The molecule has 23 heavy (non-hydrogen) atoms. The number of hydrogen-bond acceptors (Lipinski definition) is 3. The minimum Gasteiger partial charge on any atom is -0.385 e. The van der Waals surface area contributed by atoms with Gasteiger partial charge in [0.05, 0.1) is 0 Å². The molecular formula is C18H28N2O3. The third kappa shape index (κ3) is 5.36. The summed E-state index contributed by atoms with van der Waals surface area (Å²) in [6.45, 7) is 8.47. The zero-order chi connectivity index (χ0) is 17.5. The molecule has 0 unspecified atom stereocenters. The number of amides is 2. The van der Waals surface area contributed by atoms with Crippen LogP contribution in [0.25, 0.3) is 0 Å². The fourth-order valence-electron chi connectivity index (χ4n) is 2.14. The quantitative estimate of drug-likeness (QED) is 0.571. The van der Waals surface area contributed by atoms with Crippen molar-refractivity contribution < 1.29 is 14.3 Å². The minimum absolute atomic E-state index is 0.284. The maximum Gasteiger partial charge on any atom is 0.239 e. The van der Waals surface area contributed by atoms with Crippen molar-refractivity contribution in [1.29, 1.82) is 0 Å². The van der Waals surface area contributed by atoms with Crippen molar-refractivity contribution in [3.8, 4) is 0 Å². The van der Waals surface area contributed by atoms with E-state index < -0.39 is 5.41 Å². The van der Waals surface area contributed by atoms with Crippen molar-refractivity contribution >= 4 is 17.5 Å². The average molecular weight is 320 g/mol. The summed E-state index contributed by atoms with van der Waals surface area (Å²) in [6, 6.07) is 7.66. The second kappa shape index (κ2) is 8.67. The Labute approximate surface area is 138 Å². The summed E-state index contributed by atoms with van der Waals surface area (Å²) < 4.78 is 4.94. The molecule has 0 atom stereocenters. The summed E-state index contributed by atoms with van der Waals surface area (Å²) in [6.07, 6.45) is 0.718. The van der Waals surface area contributed by atoms with E-state index in [2.05, 4.69) is 24.5 Å². The Balaban J connectivity index is 2.74. The third-order valence-electron chi connectivity index (χ3n) is 3.78. The number of carbonyl (C=O) groups is 2. The van der Waals surface area contributed by atoms with Crippen LogP contribution in [0.5, 0.6) is 0 Å². The molecule has 5 nitrogen and oxygen atoms in total. The van der Waals surface area contributed by atoms with Gasteiger partial charge in [-0.15, -0.1) is 0 Å². The lowest BCUT2D eigenvalue weighted by Crippen LogP contribution is -2.45. The van der Waals surface area contributed by atoms with Gasteiger partial charge in [0.1, 0.15) is 5.41 Å². The number of anilines is 1. The van der Waals surface area contributed by atoms with E-state index in [1.54, 1.807) is 21.0 Å². The largest absolute Gasteiger partial charge is 0.385 e. The molecule has 0 saturated carbocycles. The van der Waals surface area contributed by atoms with Gasteiger partial charge in [-0.05, 0) is 37.8 Å². The highest BCUT2D eigenvalue weighted by molar-refractivity contribution is 6.10. The SMILES string of the molecule is COCCCNC(=O)C(C)(C)C(=O)Nc1ccccc1C(C)C. The van der Waals surface area contributed by atoms with Crippen molar-refractivity contribution in [3.05, 3.63) is 29.8 Å². The van der Waals surface area contributed by atoms with E-state index in [1.807, 2.05) is 24.3 Å². The zero-order valence-electron chi connectivity index (χ0n) is 14.7. The molecule has 0 aliphatic carbocycles. The van der Waals surface area contributed by atoms with Gasteiger partial charge in [-0.3, -0.25) is 9.59 Å². The van der Waals surface area contributed by atoms with Crippen LogP contribution in [0.15, 0.2) is 24.3 Å². The van der Waals surface area contributed by atoms with Gasteiger partial charge in [0, 0.05) is 25.9 Å². The lowest BCUT2D eigenvalue weighted by Gasteiger charge is -2.24. The van der Waals surface area contributed by atoms with Gasteiger partial charge in [0.25, 0.3) is 0 Å². The second-order valence-corrected chi connectivity index (χ2v) is 6.42. The van der Waals surface area contributed by atoms with Crippen LogP contribution in [-0.4, -0.2) is 32.1 Å². The van der Waals surface area contributed by atoms with Crippen LogP contribution in [0.2, 0.25) is 0 Å². The van der Waals surface area contributed by atoms with Crippen LogP contribution in [-0.2, 0) is 14.3 Å². The number of methoxy groups -OCH3 is 1. The van der Waals surface area contributed by atoms with Crippen LogP contribution in [0.1, 0.15) is 45.6 Å². The van der Waals surface area contributed by atoms with Crippen molar-refractivity contribution in [2.75, 3.05) is 25.6 Å². The highest BCUT2D eigenvalue weighted by Crippen LogP contribution is 2.26. The minimum atomic E-state index is -1.14. The summed E-state index contributed by atoms with van der Waals surface area (Å²) in [4.78, 5) is 24.8. The smallest absolute Gasteiger partial charge is 0.239 e. The summed E-state index contributed by atoms with van der Waals surface area (Å²) in [5, 5.41) is 5.67. The molecular weight excluding hydrogens is 292 g/mol. The number of rotatable bonds is 8. The Bertz CT molecular complexity index is 539. The van der Waals surface area contributed by atoms with Crippen molar-refractivity contribution in [2.45, 2.75) is 40.0 Å². The fourth-order valence-corrected chi connectivity index (χ4v) is 2.14. The molecule has 0 bridgehead atoms. The van der Waals surface area contributed by atoms with Gasteiger partial charge in [-0.25, -0.2) is 0 Å². The normalized spacial score (nSPS) is 11.4. The number of hydrogen-bond donors (Lipinski definition) is 2. The lowest BCUT2D eigenvalue weighted by molar-refractivity contribution is -0.138. The number of para-hydroxylation sites is 1. The topological polar surface area (TPSA) is 67.4 Å². The fraction of sp³-hybridized carbons (Fsp3) is 0.556. The molecule has 0 aromatic heterocycles. The monoisotopic (exact) mass is 320 g/mol. The van der Waals surface area contributed by atoms with E-state index in [4.69, 9.17) is 4.74 Å². The summed E-state index contributed by atoms with van der Waals surface area (Å²) in [5.74, 6) is -0.305. The number of carbonyl (C=O) groups excluding carboxylic acids is 2. The highest BCUT2D eigenvalue weighted by atomic mass is 16.5. The molecule has 1 aromatic carbocycles. The second-order valence-electron chi connectivity index (χ2n) is 6.42. The Morgan fingerprint density at radius 3 is 2.43 bits per heavy atom. The number of nitrogens with one attached hydrogen (secondary N) is 2. The standard InChI is InChI=1S/C18H28N2O3/c1-13(2)14-9-6-7-10-15(14)20-17(22)18(3,4)16(21)19-11-8-12-23-5/h6-7,9-10,13H,8,11-12H2,1-5H3,(H,19,21)(H,20,22). The Morgan fingerprint density at radius 1 is 1.17 bits per heavy atom. The Kier molecular flexibility index (Phi) is 7.23. The lowest BCUT2D eigenvalue weighted by atomic mass is 9.90. The average Bonchev–Trinajstić information content (AvgIpc) is 2.51. The first-order chi connectivity index (χ1) is 10.8. The summed E-state index contributed by atoms with van der Waals surface area (Å²) in [5.41, 5.74) is 0.668. The van der Waals surface area contributed by atoms with Gasteiger partial charge in [-0.1, -0.05) is 32.0 Å². The number of benzene rings is 1. The maximum atomic E-state index is 12.5. The predicted octanol–water partition coefficient (Wildman–Crippen LogP) is 2.93. The van der Waals surface area contributed by atoms with Crippen molar-refractivity contribution in [1.82, 2.24) is 5.32 Å². The van der Waals surface area contributed by atoms with Gasteiger partial charge in [0.15, 0.2) is 0 Å². The van der Waals surface area contributed by atoms with Crippen LogP contribution >= 0.6 is 0 Å². The van der Waals surface area contributed by atoms with Crippen LogP contribution in [0, 0.1) is 5.41 Å². The summed E-state index contributed by atoms with van der Waals surface area (Å²) in [7, 11) is 1.62. The van der Waals surface area contributed by atoms with Crippen molar-refractivity contribution in [2.24, 2.45) is 5.41 Å². The van der Waals surface area contributed by atoms with E-state index in [1.165, 1.54) is 0 Å².